The predicted octanol–water partition coefficient (Wildman–Crippen LogP) is 2.99. The van der Waals surface area contributed by atoms with Crippen molar-refractivity contribution in [3.63, 3.8) is 0 Å². The average Bonchev–Trinajstić information content (AvgIpc) is 2.65. The van der Waals surface area contributed by atoms with E-state index >= 15 is 0 Å². The minimum absolute atomic E-state index is 0.0211. The number of nitrogens with zero attached hydrogens (tertiary/aromatic N) is 1. The van der Waals surface area contributed by atoms with Crippen LogP contribution in [0.4, 0.5) is 4.79 Å². The number of hydrogen-bond acceptors (Lipinski definition) is 4. The van der Waals surface area contributed by atoms with Crippen LogP contribution in [0.5, 0.6) is 0 Å². The summed E-state index contributed by atoms with van der Waals surface area (Å²) in [6, 6.07) is 7.22. The zero-order valence-electron chi connectivity index (χ0n) is 17.0. The van der Waals surface area contributed by atoms with Gasteiger partial charge in [0.1, 0.15) is 12.1 Å². The zero-order valence-corrected chi connectivity index (χ0v) is 17.8. The van der Waals surface area contributed by atoms with Crippen molar-refractivity contribution >= 4 is 35.6 Å². The maximum Gasteiger partial charge on any atom is 0.408 e. The molecule has 1 aliphatic heterocycles. The van der Waals surface area contributed by atoms with Crippen LogP contribution in [0.2, 0.25) is 5.02 Å². The molecule has 0 spiro atoms. The normalized spacial score (nSPS) is 15.2. The second kappa shape index (κ2) is 10.3. The summed E-state index contributed by atoms with van der Waals surface area (Å²) in [7, 11) is 0. The number of benzene rings is 1. The first-order valence-corrected chi connectivity index (χ1v) is 9.99. The van der Waals surface area contributed by atoms with Gasteiger partial charge < -0.3 is 20.3 Å². The van der Waals surface area contributed by atoms with Crippen LogP contribution in [0, 0.1) is 0 Å². The summed E-state index contributed by atoms with van der Waals surface area (Å²) in [5.41, 5.74) is 0.296. The number of carbonyl (C=O) groups is 3. The van der Waals surface area contributed by atoms with E-state index in [0.717, 1.165) is 5.56 Å². The van der Waals surface area contributed by atoms with Gasteiger partial charge in [-0.2, -0.15) is 0 Å². The Morgan fingerprint density at radius 3 is 2.38 bits per heavy atom. The lowest BCUT2D eigenvalue weighted by Crippen LogP contribution is -2.48. The van der Waals surface area contributed by atoms with E-state index in [1.54, 1.807) is 50.0 Å². The molecule has 2 N–H and O–H groups in total. The Morgan fingerprint density at radius 2 is 1.79 bits per heavy atom. The van der Waals surface area contributed by atoms with Crippen molar-refractivity contribution in [1.82, 2.24) is 15.5 Å². The van der Waals surface area contributed by atoms with Crippen molar-refractivity contribution in [2.75, 3.05) is 19.6 Å². The van der Waals surface area contributed by atoms with Gasteiger partial charge in [0.05, 0.1) is 0 Å². The molecule has 0 aromatic heterocycles. The minimum Gasteiger partial charge on any atom is -0.444 e. The molecule has 1 fully saturated rings. The van der Waals surface area contributed by atoms with Crippen molar-refractivity contribution in [2.45, 2.75) is 45.3 Å². The molecular formula is C21H28ClN3O4. The molecule has 0 atom stereocenters. The highest BCUT2D eigenvalue weighted by molar-refractivity contribution is 6.30. The number of alkyl carbamates (subject to hydrolysis) is 1. The summed E-state index contributed by atoms with van der Waals surface area (Å²) in [6.45, 7) is 6.26. The van der Waals surface area contributed by atoms with E-state index in [1.807, 2.05) is 12.1 Å². The molecule has 0 unspecified atom stereocenters. The molecule has 1 saturated heterocycles. The first-order chi connectivity index (χ1) is 13.6. The molecule has 0 radical (unpaired) electrons. The van der Waals surface area contributed by atoms with E-state index in [9.17, 15) is 14.4 Å². The maximum absolute atomic E-state index is 12.3. The molecule has 7 nitrogen and oxygen atoms in total. The monoisotopic (exact) mass is 421 g/mol. The third kappa shape index (κ3) is 8.56. The second-order valence-corrected chi connectivity index (χ2v) is 8.34. The molecule has 2 rings (SSSR count). The summed E-state index contributed by atoms with van der Waals surface area (Å²) >= 11 is 5.85. The van der Waals surface area contributed by atoms with Crippen LogP contribution >= 0.6 is 11.6 Å². The molecule has 1 aromatic rings. The number of rotatable bonds is 5. The highest BCUT2D eigenvalue weighted by atomic mass is 35.5. The SMILES string of the molecule is CC(C)(C)OC(=O)NCC(=O)NC1CCN(C(=O)/C=C/c2ccc(Cl)cc2)CC1. The maximum atomic E-state index is 12.3. The van der Waals surface area contributed by atoms with Gasteiger partial charge >= 0.3 is 6.09 Å². The molecule has 1 heterocycles. The summed E-state index contributed by atoms with van der Waals surface area (Å²) in [4.78, 5) is 37.7. The molecule has 8 heteroatoms. The molecule has 0 saturated carbocycles. The van der Waals surface area contributed by atoms with Gasteiger partial charge in [-0.1, -0.05) is 23.7 Å². The van der Waals surface area contributed by atoms with Gasteiger partial charge in [-0.15, -0.1) is 0 Å². The Hall–Kier alpha value is -2.54. The number of hydrogen-bond donors (Lipinski definition) is 2. The molecular weight excluding hydrogens is 394 g/mol. The van der Waals surface area contributed by atoms with E-state index in [2.05, 4.69) is 10.6 Å². The summed E-state index contributed by atoms with van der Waals surface area (Å²) in [5.74, 6) is -0.334. The molecule has 0 bridgehead atoms. The van der Waals surface area contributed by atoms with E-state index in [4.69, 9.17) is 16.3 Å². The molecule has 29 heavy (non-hydrogen) atoms. The van der Waals surface area contributed by atoms with Crippen LogP contribution in [-0.2, 0) is 14.3 Å². The predicted molar refractivity (Wildman–Crippen MR) is 112 cm³/mol. The van der Waals surface area contributed by atoms with Crippen LogP contribution in [0.3, 0.4) is 0 Å². The largest absolute Gasteiger partial charge is 0.444 e. The van der Waals surface area contributed by atoms with Gasteiger partial charge in [0.25, 0.3) is 0 Å². The lowest BCUT2D eigenvalue weighted by Gasteiger charge is -2.31. The number of amides is 3. The lowest BCUT2D eigenvalue weighted by atomic mass is 10.0. The van der Waals surface area contributed by atoms with Crippen molar-refractivity contribution in [3.05, 3.63) is 40.9 Å². The van der Waals surface area contributed by atoms with Gasteiger partial charge in [-0.3, -0.25) is 9.59 Å². The Kier molecular flexibility index (Phi) is 8.08. The Morgan fingerprint density at radius 1 is 1.17 bits per heavy atom. The van der Waals surface area contributed by atoms with Gasteiger partial charge in [0.2, 0.25) is 11.8 Å². The van der Waals surface area contributed by atoms with E-state index < -0.39 is 11.7 Å². The molecule has 158 valence electrons. The quantitative estimate of drug-likeness (QED) is 0.715. The van der Waals surface area contributed by atoms with E-state index in [1.165, 1.54) is 0 Å². The number of nitrogens with one attached hydrogen (secondary N) is 2. The molecule has 0 aliphatic carbocycles. The molecule has 1 aromatic carbocycles. The summed E-state index contributed by atoms with van der Waals surface area (Å²) in [5, 5.41) is 5.97. The van der Waals surface area contributed by atoms with Crippen molar-refractivity contribution in [3.8, 4) is 0 Å². The second-order valence-electron chi connectivity index (χ2n) is 7.91. The average molecular weight is 422 g/mol. The number of halogens is 1. The van der Waals surface area contributed by atoms with Crippen molar-refractivity contribution in [1.29, 1.82) is 0 Å². The van der Waals surface area contributed by atoms with Crippen LogP contribution in [0.1, 0.15) is 39.2 Å². The first kappa shape index (κ1) is 22.7. The lowest BCUT2D eigenvalue weighted by molar-refractivity contribution is -0.127. The molecule has 1 aliphatic rings. The van der Waals surface area contributed by atoms with Crippen molar-refractivity contribution < 1.29 is 19.1 Å². The van der Waals surface area contributed by atoms with Crippen LogP contribution < -0.4 is 10.6 Å². The van der Waals surface area contributed by atoms with E-state index in [-0.39, 0.29) is 24.4 Å². The van der Waals surface area contributed by atoms with Crippen LogP contribution in [0.25, 0.3) is 6.08 Å². The third-order valence-electron chi connectivity index (χ3n) is 4.25. The number of ether oxygens (including phenoxy) is 1. The third-order valence-corrected chi connectivity index (χ3v) is 4.50. The zero-order chi connectivity index (χ0) is 21.4. The fourth-order valence-corrected chi connectivity index (χ4v) is 2.96. The smallest absolute Gasteiger partial charge is 0.408 e. The fraction of sp³-hybridized carbons (Fsp3) is 0.476. The Bertz CT molecular complexity index is 748. The highest BCUT2D eigenvalue weighted by Gasteiger charge is 2.23. The van der Waals surface area contributed by atoms with Crippen LogP contribution in [-0.4, -0.2) is 54.1 Å². The van der Waals surface area contributed by atoms with Gasteiger partial charge in [0.15, 0.2) is 0 Å². The number of piperidine rings is 1. The summed E-state index contributed by atoms with van der Waals surface area (Å²) < 4.78 is 5.09. The Balaban J connectivity index is 1.70. The topological polar surface area (TPSA) is 87.7 Å². The Labute approximate surface area is 176 Å². The standard InChI is InChI=1S/C21H28ClN3O4/c1-21(2,3)29-20(28)23-14-18(26)24-17-10-12-25(13-11-17)19(27)9-6-15-4-7-16(22)8-5-15/h4-9,17H,10-14H2,1-3H3,(H,23,28)(H,24,26)/b9-6+. The minimum atomic E-state index is -0.624. The van der Waals surface area contributed by atoms with E-state index in [0.29, 0.717) is 31.0 Å². The van der Waals surface area contributed by atoms with Gasteiger partial charge in [-0.25, -0.2) is 4.79 Å². The van der Waals surface area contributed by atoms with Gasteiger partial charge in [-0.05, 0) is 57.4 Å². The molecule has 3 amide bonds. The number of likely N-dealkylation sites (tertiary alicyclic amines) is 1. The van der Waals surface area contributed by atoms with Crippen molar-refractivity contribution in [2.24, 2.45) is 0 Å². The summed E-state index contributed by atoms with van der Waals surface area (Å²) in [6.07, 6.45) is 4.01. The number of carbonyl (C=O) groups excluding carboxylic acids is 3. The fourth-order valence-electron chi connectivity index (χ4n) is 2.84. The highest BCUT2D eigenvalue weighted by Crippen LogP contribution is 2.13. The van der Waals surface area contributed by atoms with Gasteiger partial charge in [0, 0.05) is 30.2 Å². The van der Waals surface area contributed by atoms with Crippen LogP contribution in [0.15, 0.2) is 30.3 Å². The first-order valence-electron chi connectivity index (χ1n) is 9.61.